The van der Waals surface area contributed by atoms with Gasteiger partial charge in [-0.2, -0.15) is 0 Å². The number of thioether (sulfide) groups is 1. The van der Waals surface area contributed by atoms with E-state index in [2.05, 4.69) is 4.98 Å². The van der Waals surface area contributed by atoms with Gasteiger partial charge in [-0.05, 0) is 18.2 Å². The van der Waals surface area contributed by atoms with Gasteiger partial charge < -0.3 is 4.90 Å². The number of halogens is 3. The Hall–Kier alpha value is -1.30. The summed E-state index contributed by atoms with van der Waals surface area (Å²) in [5.41, 5.74) is 0.823. The molecule has 1 atom stereocenters. The van der Waals surface area contributed by atoms with Crippen LogP contribution >= 0.6 is 35.0 Å². The summed E-state index contributed by atoms with van der Waals surface area (Å²) in [6.45, 7) is 0.537. The fourth-order valence-electron chi connectivity index (χ4n) is 2.34. The monoisotopic (exact) mass is 356 g/mol. The number of carbonyl (C=O) groups is 1. The zero-order valence-corrected chi connectivity index (χ0v) is 13.6. The predicted octanol–water partition coefficient (Wildman–Crippen LogP) is 4.42. The first-order valence-electron chi connectivity index (χ1n) is 6.55. The van der Waals surface area contributed by atoms with Crippen LogP contribution in [0.15, 0.2) is 36.7 Å². The Balaban J connectivity index is 1.93. The molecule has 2 aromatic rings. The first-order valence-corrected chi connectivity index (χ1v) is 8.35. The summed E-state index contributed by atoms with van der Waals surface area (Å²) in [5.74, 6) is -0.214. The van der Waals surface area contributed by atoms with E-state index in [1.807, 2.05) is 0 Å². The van der Waals surface area contributed by atoms with Crippen molar-refractivity contribution in [3.8, 4) is 0 Å². The molecule has 0 N–H and O–H groups in total. The molecule has 1 aliphatic rings. The zero-order valence-electron chi connectivity index (χ0n) is 11.3. The van der Waals surface area contributed by atoms with Gasteiger partial charge >= 0.3 is 0 Å². The lowest BCUT2D eigenvalue weighted by molar-refractivity contribution is 0.0755. The van der Waals surface area contributed by atoms with Crippen LogP contribution in [0.1, 0.15) is 21.3 Å². The zero-order chi connectivity index (χ0) is 15.7. The molecule has 3 nitrogen and oxygen atoms in total. The van der Waals surface area contributed by atoms with Crippen LogP contribution in [-0.4, -0.2) is 28.1 Å². The van der Waals surface area contributed by atoms with Crippen molar-refractivity contribution in [2.24, 2.45) is 0 Å². The van der Waals surface area contributed by atoms with Gasteiger partial charge in [-0.25, -0.2) is 4.39 Å². The third-order valence-electron chi connectivity index (χ3n) is 3.38. The van der Waals surface area contributed by atoms with Crippen molar-refractivity contribution in [2.45, 2.75) is 5.37 Å². The maximum Gasteiger partial charge on any atom is 0.258 e. The highest BCUT2D eigenvalue weighted by atomic mass is 35.5. The number of rotatable bonds is 2. The molecule has 0 spiro atoms. The second-order valence-electron chi connectivity index (χ2n) is 4.74. The van der Waals surface area contributed by atoms with Gasteiger partial charge in [0, 0.05) is 34.1 Å². The van der Waals surface area contributed by atoms with Crippen molar-refractivity contribution in [3.05, 3.63) is 63.6 Å². The number of nitrogens with zero attached hydrogens (tertiary/aromatic N) is 2. The Labute approximate surface area is 141 Å². The third-order valence-corrected chi connectivity index (χ3v) is 5.19. The number of benzene rings is 1. The van der Waals surface area contributed by atoms with Gasteiger partial charge in [-0.1, -0.05) is 29.3 Å². The van der Waals surface area contributed by atoms with Crippen molar-refractivity contribution in [1.29, 1.82) is 0 Å². The molecular weight excluding hydrogens is 346 g/mol. The van der Waals surface area contributed by atoms with E-state index in [0.29, 0.717) is 16.6 Å². The van der Waals surface area contributed by atoms with Crippen LogP contribution in [0.5, 0.6) is 0 Å². The predicted molar refractivity (Wildman–Crippen MR) is 86.9 cm³/mol. The number of pyridine rings is 1. The minimum absolute atomic E-state index is 0.0209. The van der Waals surface area contributed by atoms with Crippen molar-refractivity contribution in [1.82, 2.24) is 9.88 Å². The number of hydrogen-bond acceptors (Lipinski definition) is 3. The summed E-state index contributed by atoms with van der Waals surface area (Å²) in [6.07, 6.45) is 2.45. The molecule has 0 radical (unpaired) electrons. The normalized spacial score (nSPS) is 17.8. The Morgan fingerprint density at radius 3 is 2.91 bits per heavy atom. The molecule has 22 heavy (non-hydrogen) atoms. The molecule has 1 unspecified atom stereocenters. The largest absolute Gasteiger partial charge is 0.322 e. The van der Waals surface area contributed by atoms with Crippen LogP contribution in [0.3, 0.4) is 0 Å². The average molecular weight is 357 g/mol. The standard InChI is InChI=1S/C15H11Cl2FN2OS/c16-9-1-2-10(12(17)7-9)15-20(5-6-22-15)14(21)11-3-4-19-8-13(11)18/h1-4,7-8,15H,5-6H2. The Bertz CT molecular complexity index is 728. The van der Waals surface area contributed by atoms with Gasteiger partial charge in [0.1, 0.15) is 5.37 Å². The van der Waals surface area contributed by atoms with E-state index in [1.54, 1.807) is 34.9 Å². The van der Waals surface area contributed by atoms with Crippen molar-refractivity contribution < 1.29 is 9.18 Å². The molecule has 0 aliphatic carbocycles. The number of aromatic nitrogens is 1. The number of hydrogen-bond donors (Lipinski definition) is 0. The van der Waals surface area contributed by atoms with E-state index in [1.165, 1.54) is 12.3 Å². The summed E-state index contributed by atoms with van der Waals surface area (Å²) in [4.78, 5) is 17.9. The fourth-order valence-corrected chi connectivity index (χ4v) is 4.21. The van der Waals surface area contributed by atoms with Gasteiger partial charge in [0.2, 0.25) is 0 Å². The molecule has 1 aliphatic heterocycles. The molecule has 1 aromatic heterocycles. The van der Waals surface area contributed by atoms with Crippen LogP contribution < -0.4 is 0 Å². The van der Waals surface area contributed by atoms with Gasteiger partial charge in [0.05, 0.1) is 11.8 Å². The number of carbonyl (C=O) groups excluding carboxylic acids is 1. The average Bonchev–Trinajstić information content (AvgIpc) is 2.96. The minimum atomic E-state index is -0.620. The van der Waals surface area contributed by atoms with E-state index >= 15 is 0 Å². The molecule has 3 rings (SSSR count). The van der Waals surface area contributed by atoms with E-state index in [4.69, 9.17) is 23.2 Å². The van der Waals surface area contributed by atoms with E-state index in [-0.39, 0.29) is 16.8 Å². The first kappa shape index (κ1) is 15.6. The van der Waals surface area contributed by atoms with E-state index in [9.17, 15) is 9.18 Å². The van der Waals surface area contributed by atoms with Crippen molar-refractivity contribution >= 4 is 40.9 Å². The lowest BCUT2D eigenvalue weighted by atomic mass is 10.1. The minimum Gasteiger partial charge on any atom is -0.322 e. The smallest absolute Gasteiger partial charge is 0.258 e. The van der Waals surface area contributed by atoms with Gasteiger partial charge in [0.25, 0.3) is 5.91 Å². The molecule has 1 aromatic carbocycles. The fraction of sp³-hybridized carbons (Fsp3) is 0.200. The number of amides is 1. The van der Waals surface area contributed by atoms with Crippen LogP contribution in [0.4, 0.5) is 4.39 Å². The van der Waals surface area contributed by atoms with Crippen molar-refractivity contribution in [2.75, 3.05) is 12.3 Å². The topological polar surface area (TPSA) is 33.2 Å². The lowest BCUT2D eigenvalue weighted by Gasteiger charge is -2.25. The lowest BCUT2D eigenvalue weighted by Crippen LogP contribution is -2.31. The van der Waals surface area contributed by atoms with Gasteiger partial charge in [-0.3, -0.25) is 9.78 Å². The molecule has 1 amide bonds. The molecule has 7 heteroatoms. The highest BCUT2D eigenvalue weighted by Gasteiger charge is 2.33. The Morgan fingerprint density at radius 1 is 1.36 bits per heavy atom. The molecule has 1 saturated heterocycles. The quantitative estimate of drug-likeness (QED) is 0.798. The van der Waals surface area contributed by atoms with Crippen LogP contribution in [0.2, 0.25) is 10.0 Å². The van der Waals surface area contributed by atoms with E-state index in [0.717, 1.165) is 17.5 Å². The van der Waals surface area contributed by atoms with E-state index < -0.39 is 5.82 Å². The summed E-state index contributed by atoms with van der Waals surface area (Å²) < 4.78 is 13.8. The second-order valence-corrected chi connectivity index (χ2v) is 6.77. The summed E-state index contributed by atoms with van der Waals surface area (Å²) in [7, 11) is 0. The van der Waals surface area contributed by atoms with Gasteiger partial charge in [0.15, 0.2) is 5.82 Å². The van der Waals surface area contributed by atoms with Crippen molar-refractivity contribution in [3.63, 3.8) is 0 Å². The van der Waals surface area contributed by atoms with Crippen LogP contribution in [-0.2, 0) is 0 Å². The maximum absolute atomic E-state index is 13.8. The highest BCUT2D eigenvalue weighted by molar-refractivity contribution is 7.99. The third kappa shape index (κ3) is 2.93. The Morgan fingerprint density at radius 2 is 2.18 bits per heavy atom. The van der Waals surface area contributed by atoms with Gasteiger partial charge in [-0.15, -0.1) is 11.8 Å². The second kappa shape index (κ2) is 6.44. The SMILES string of the molecule is O=C(c1ccncc1F)N1CCSC1c1ccc(Cl)cc1Cl. The Kier molecular flexibility index (Phi) is 4.57. The summed E-state index contributed by atoms with van der Waals surface area (Å²) in [5, 5.41) is 0.791. The molecule has 1 fully saturated rings. The molecule has 2 heterocycles. The molecular formula is C15H11Cl2FN2OS. The molecule has 114 valence electrons. The van der Waals surface area contributed by atoms with Crippen LogP contribution in [0, 0.1) is 5.82 Å². The first-order chi connectivity index (χ1) is 10.6. The summed E-state index contributed by atoms with van der Waals surface area (Å²) in [6, 6.07) is 6.57. The molecule has 0 bridgehead atoms. The molecule has 0 saturated carbocycles. The summed E-state index contributed by atoms with van der Waals surface area (Å²) >= 11 is 13.7. The highest BCUT2D eigenvalue weighted by Crippen LogP contribution is 2.42. The maximum atomic E-state index is 13.8. The van der Waals surface area contributed by atoms with Crippen LogP contribution in [0.25, 0.3) is 0 Å².